The molecule has 0 bridgehead atoms. The first-order valence-electron chi connectivity index (χ1n) is 16.3. The molecule has 1 aliphatic heterocycles. The van der Waals surface area contributed by atoms with Gasteiger partial charge in [-0.25, -0.2) is 9.07 Å². The highest BCUT2D eigenvalue weighted by Gasteiger charge is 2.29. The second kappa shape index (κ2) is 14.2. The Kier molecular flexibility index (Phi) is 9.98. The fourth-order valence-corrected chi connectivity index (χ4v) is 6.71. The summed E-state index contributed by atoms with van der Waals surface area (Å²) in [5.74, 6) is -0.683. The van der Waals surface area contributed by atoms with E-state index in [9.17, 15) is 14.4 Å². The summed E-state index contributed by atoms with van der Waals surface area (Å²) >= 11 is 12.8. The molecule has 13 heteroatoms. The molecular weight excluding hydrogens is 676 g/mol. The highest BCUT2D eigenvalue weighted by Crippen LogP contribution is 2.38. The van der Waals surface area contributed by atoms with E-state index in [-0.39, 0.29) is 28.1 Å². The number of piperidine rings is 1. The van der Waals surface area contributed by atoms with Crippen LogP contribution in [0.1, 0.15) is 72.9 Å². The molecule has 5 aromatic rings. The standard InChI is InChI=1S/C37H38Cl2FN9O/c1-37(2,3)48-13-11-27(12-14-48)49-21-32(45-46-49)34(22-7-6-8-23(15-22)36(50)47(4)5)44-31-17-25(38)16-28-33(24(19-41)20-42-35(28)31)43-26-9-10-30(40)29(39)18-26/h6-10,15-18,20-21,27,34,44H,11-14H2,1-5H3,(H,42,43)/t34-/m0/s1. The molecule has 3 heterocycles. The van der Waals surface area contributed by atoms with Gasteiger partial charge in [0, 0.05) is 60.6 Å². The molecule has 258 valence electrons. The van der Waals surface area contributed by atoms with Crippen LogP contribution in [0.2, 0.25) is 10.0 Å². The molecule has 1 fully saturated rings. The predicted molar refractivity (Wildman–Crippen MR) is 196 cm³/mol. The maximum atomic E-state index is 13.9. The van der Waals surface area contributed by atoms with Gasteiger partial charge in [0.15, 0.2) is 0 Å². The van der Waals surface area contributed by atoms with Crippen LogP contribution in [0.15, 0.2) is 67.0 Å². The topological polar surface area (TPSA) is 115 Å². The molecule has 6 rings (SSSR count). The van der Waals surface area contributed by atoms with Crippen molar-refractivity contribution in [3.05, 3.63) is 105 Å². The number of nitrogens with zero attached hydrogens (tertiary/aromatic N) is 7. The number of likely N-dealkylation sites (tertiary alicyclic amines) is 1. The summed E-state index contributed by atoms with van der Waals surface area (Å²) in [6.07, 6.45) is 5.34. The smallest absolute Gasteiger partial charge is 0.253 e. The van der Waals surface area contributed by atoms with Gasteiger partial charge in [-0.2, -0.15) is 5.26 Å². The molecule has 1 saturated heterocycles. The minimum absolute atomic E-state index is 0.0575. The van der Waals surface area contributed by atoms with Crippen molar-refractivity contribution in [1.29, 1.82) is 5.26 Å². The average Bonchev–Trinajstić information content (AvgIpc) is 3.58. The summed E-state index contributed by atoms with van der Waals surface area (Å²) in [5.41, 5.74) is 4.35. The van der Waals surface area contributed by atoms with Gasteiger partial charge < -0.3 is 15.5 Å². The van der Waals surface area contributed by atoms with Crippen LogP contribution in [0.25, 0.3) is 10.9 Å². The molecule has 0 radical (unpaired) electrons. The number of halogens is 3. The molecule has 2 aromatic heterocycles. The predicted octanol–water partition coefficient (Wildman–Crippen LogP) is 8.23. The van der Waals surface area contributed by atoms with Gasteiger partial charge in [0.1, 0.15) is 17.6 Å². The first-order chi connectivity index (χ1) is 23.8. The van der Waals surface area contributed by atoms with Crippen LogP contribution in [-0.2, 0) is 0 Å². The largest absolute Gasteiger partial charge is 0.371 e. The molecular formula is C37H38Cl2FN9O. The number of nitrogens with one attached hydrogen (secondary N) is 2. The molecule has 0 spiro atoms. The summed E-state index contributed by atoms with van der Waals surface area (Å²) in [5, 5.41) is 26.9. The number of anilines is 3. The van der Waals surface area contributed by atoms with Gasteiger partial charge >= 0.3 is 0 Å². The number of carbonyl (C=O) groups is 1. The van der Waals surface area contributed by atoms with E-state index in [0.717, 1.165) is 31.5 Å². The maximum Gasteiger partial charge on any atom is 0.253 e. The quantitative estimate of drug-likeness (QED) is 0.165. The first-order valence-corrected chi connectivity index (χ1v) is 17.1. The summed E-state index contributed by atoms with van der Waals surface area (Å²) in [6, 6.07) is 16.9. The van der Waals surface area contributed by atoms with Crippen LogP contribution in [0.5, 0.6) is 0 Å². The van der Waals surface area contributed by atoms with Crippen molar-refractivity contribution in [2.75, 3.05) is 37.8 Å². The van der Waals surface area contributed by atoms with Crippen molar-refractivity contribution in [3.63, 3.8) is 0 Å². The summed E-state index contributed by atoms with van der Waals surface area (Å²) in [4.78, 5) is 21.7. The minimum Gasteiger partial charge on any atom is -0.371 e. The van der Waals surface area contributed by atoms with Crippen LogP contribution in [0.4, 0.5) is 21.5 Å². The molecule has 1 aliphatic rings. The van der Waals surface area contributed by atoms with Gasteiger partial charge in [-0.15, -0.1) is 5.10 Å². The van der Waals surface area contributed by atoms with Gasteiger partial charge in [0.2, 0.25) is 0 Å². The van der Waals surface area contributed by atoms with Crippen molar-refractivity contribution >= 4 is 57.1 Å². The van der Waals surface area contributed by atoms with Gasteiger partial charge in [-0.1, -0.05) is 40.5 Å². The van der Waals surface area contributed by atoms with E-state index in [4.69, 9.17) is 23.2 Å². The summed E-state index contributed by atoms with van der Waals surface area (Å²) in [6.45, 7) is 8.63. The van der Waals surface area contributed by atoms with Crippen molar-refractivity contribution in [2.24, 2.45) is 0 Å². The zero-order chi connectivity index (χ0) is 35.7. The Bertz CT molecular complexity index is 2100. The molecule has 2 N–H and O–H groups in total. The lowest BCUT2D eigenvalue weighted by Crippen LogP contribution is -2.46. The Hall–Kier alpha value is -4.76. The third-order valence-electron chi connectivity index (χ3n) is 9.03. The van der Waals surface area contributed by atoms with Crippen LogP contribution in [-0.4, -0.2) is 68.4 Å². The Labute approximate surface area is 300 Å². The van der Waals surface area contributed by atoms with Crippen LogP contribution < -0.4 is 10.6 Å². The molecule has 3 aromatic carbocycles. The van der Waals surface area contributed by atoms with Crippen molar-refractivity contribution in [3.8, 4) is 6.07 Å². The molecule has 50 heavy (non-hydrogen) atoms. The lowest BCUT2D eigenvalue weighted by atomic mass is 9.98. The van der Waals surface area contributed by atoms with E-state index in [2.05, 4.69) is 57.7 Å². The molecule has 10 nitrogen and oxygen atoms in total. The highest BCUT2D eigenvalue weighted by atomic mass is 35.5. The van der Waals surface area contributed by atoms with Gasteiger partial charge in [0.05, 0.1) is 45.8 Å². The number of benzene rings is 3. The SMILES string of the molecule is CN(C)C(=O)c1cccc([C@H](Nc2cc(Cl)cc3c(Nc4ccc(F)c(Cl)c4)c(C#N)cnc23)c2cn(C3CCN(C(C)(C)C)CC3)nn2)c1. The zero-order valence-corrected chi connectivity index (χ0v) is 30.0. The van der Waals surface area contributed by atoms with Crippen molar-refractivity contribution in [1.82, 2.24) is 29.8 Å². The third-order valence-corrected chi connectivity index (χ3v) is 9.54. The number of aromatic nitrogens is 4. The van der Waals surface area contributed by atoms with Crippen molar-refractivity contribution < 1.29 is 9.18 Å². The van der Waals surface area contributed by atoms with E-state index < -0.39 is 11.9 Å². The Morgan fingerprint density at radius 2 is 1.86 bits per heavy atom. The summed E-state index contributed by atoms with van der Waals surface area (Å²) < 4.78 is 15.9. The molecule has 0 unspecified atom stereocenters. The minimum atomic E-state index is -0.556. The van der Waals surface area contributed by atoms with Gasteiger partial charge in [-0.3, -0.25) is 14.7 Å². The maximum absolute atomic E-state index is 13.9. The number of pyridine rings is 1. The fourth-order valence-electron chi connectivity index (χ4n) is 6.31. The third kappa shape index (κ3) is 7.38. The molecule has 1 amide bonds. The van der Waals surface area contributed by atoms with Crippen molar-refractivity contribution in [2.45, 2.75) is 51.2 Å². The Morgan fingerprint density at radius 1 is 1.10 bits per heavy atom. The number of hydrogen-bond acceptors (Lipinski definition) is 8. The number of nitriles is 1. The number of hydrogen-bond donors (Lipinski definition) is 2. The van der Waals surface area contributed by atoms with Crippen LogP contribution >= 0.6 is 23.2 Å². The number of carbonyl (C=O) groups excluding carboxylic acids is 1. The van der Waals surface area contributed by atoms with E-state index in [0.29, 0.717) is 44.2 Å². The van der Waals surface area contributed by atoms with E-state index in [1.807, 2.05) is 29.1 Å². The second-order valence-corrected chi connectivity index (χ2v) is 14.5. The van der Waals surface area contributed by atoms with Gasteiger partial charge in [-0.05, 0) is 81.6 Å². The second-order valence-electron chi connectivity index (χ2n) is 13.7. The van der Waals surface area contributed by atoms with Gasteiger partial charge in [0.25, 0.3) is 5.91 Å². The fraction of sp³-hybridized carbons (Fsp3) is 0.324. The van der Waals surface area contributed by atoms with Crippen LogP contribution in [0.3, 0.4) is 0 Å². The number of fused-ring (bicyclic) bond motifs is 1. The molecule has 1 atom stereocenters. The lowest BCUT2D eigenvalue weighted by Gasteiger charge is -2.40. The molecule has 0 aliphatic carbocycles. The van der Waals surface area contributed by atoms with E-state index in [1.54, 1.807) is 32.3 Å². The zero-order valence-electron chi connectivity index (χ0n) is 28.5. The number of amides is 1. The van der Waals surface area contributed by atoms with E-state index in [1.165, 1.54) is 29.3 Å². The van der Waals surface area contributed by atoms with Crippen LogP contribution in [0, 0.1) is 17.1 Å². The Balaban J connectivity index is 1.42. The lowest BCUT2D eigenvalue weighted by molar-refractivity contribution is 0.0827. The normalized spacial score (nSPS) is 14.7. The average molecular weight is 715 g/mol. The summed E-state index contributed by atoms with van der Waals surface area (Å²) in [7, 11) is 3.43. The Morgan fingerprint density at radius 3 is 2.54 bits per heavy atom. The monoisotopic (exact) mass is 713 g/mol. The van der Waals surface area contributed by atoms with E-state index >= 15 is 0 Å². The highest BCUT2D eigenvalue weighted by molar-refractivity contribution is 6.32. The number of rotatable bonds is 8. The first kappa shape index (κ1) is 35.1. The molecule has 0 saturated carbocycles.